The van der Waals surface area contributed by atoms with Crippen molar-refractivity contribution in [1.82, 2.24) is 4.90 Å². The molecule has 88 valence electrons. The third-order valence-corrected chi connectivity index (χ3v) is 5.18. The average Bonchev–Trinajstić information content (AvgIpc) is 2.36. The Balaban J connectivity index is 2.23. The molecule has 0 saturated carbocycles. The summed E-state index contributed by atoms with van der Waals surface area (Å²) < 4.78 is 0. The normalized spacial score (nSPS) is 33.4. The number of nitrogens with zero attached hydrogens (tertiary/aromatic N) is 1. The zero-order valence-electron chi connectivity index (χ0n) is 11.1. The zero-order chi connectivity index (χ0) is 11.3. The minimum absolute atomic E-state index is 0.346. The minimum atomic E-state index is 0.346. The molecule has 0 spiro atoms. The lowest BCUT2D eigenvalue weighted by Gasteiger charge is -2.53. The number of rotatable bonds is 1. The van der Waals surface area contributed by atoms with Crippen LogP contribution in [0.4, 0.5) is 0 Å². The van der Waals surface area contributed by atoms with Crippen molar-refractivity contribution in [3.05, 3.63) is 0 Å². The summed E-state index contributed by atoms with van der Waals surface area (Å²) in [5, 5.41) is 0. The smallest absolute Gasteiger partial charge is 0.0207 e. The van der Waals surface area contributed by atoms with Gasteiger partial charge in [-0.2, -0.15) is 0 Å². The lowest BCUT2D eigenvalue weighted by molar-refractivity contribution is -0.0351. The van der Waals surface area contributed by atoms with Gasteiger partial charge in [0.1, 0.15) is 0 Å². The summed E-state index contributed by atoms with van der Waals surface area (Å²) in [4.78, 5) is 2.86. The van der Waals surface area contributed by atoms with E-state index < -0.39 is 0 Å². The third kappa shape index (κ3) is 1.73. The molecule has 0 aromatic heterocycles. The van der Waals surface area contributed by atoms with Crippen molar-refractivity contribution in [3.8, 4) is 0 Å². The quantitative estimate of drug-likeness (QED) is 0.634. The number of hydrogen-bond donors (Lipinski definition) is 0. The maximum absolute atomic E-state index is 2.86. The van der Waals surface area contributed by atoms with E-state index in [1.54, 1.807) is 0 Å². The van der Waals surface area contributed by atoms with Gasteiger partial charge < -0.3 is 0 Å². The molecule has 0 aliphatic carbocycles. The molecule has 2 heterocycles. The molecule has 2 rings (SSSR count). The first-order valence-electron chi connectivity index (χ1n) is 6.62. The Morgan fingerprint density at radius 1 is 0.800 bits per heavy atom. The number of hydrogen-bond acceptors (Lipinski definition) is 1. The molecule has 2 aliphatic rings. The van der Waals surface area contributed by atoms with E-state index in [4.69, 9.17) is 0 Å². The molecular weight excluding hydrogens is 182 g/mol. The van der Waals surface area contributed by atoms with Crippen LogP contribution in [0.15, 0.2) is 0 Å². The Hall–Kier alpha value is -0.0400. The fraction of sp³-hybridized carbons (Fsp3) is 1.00. The average molecular weight is 209 g/mol. The summed E-state index contributed by atoms with van der Waals surface area (Å²) >= 11 is 0. The predicted octanol–water partition coefficient (Wildman–Crippen LogP) is 3.83. The van der Waals surface area contributed by atoms with E-state index in [-0.39, 0.29) is 0 Å². The van der Waals surface area contributed by atoms with E-state index >= 15 is 0 Å². The highest BCUT2D eigenvalue weighted by molar-refractivity contribution is 5.03. The van der Waals surface area contributed by atoms with Crippen molar-refractivity contribution in [1.29, 1.82) is 0 Å². The second-order valence-electron chi connectivity index (χ2n) is 7.03. The van der Waals surface area contributed by atoms with Crippen LogP contribution in [0.5, 0.6) is 0 Å². The zero-order valence-corrected chi connectivity index (χ0v) is 11.1. The molecule has 1 heteroatoms. The van der Waals surface area contributed by atoms with Crippen molar-refractivity contribution >= 4 is 0 Å². The maximum atomic E-state index is 2.86. The predicted molar refractivity (Wildman–Crippen MR) is 66.0 cm³/mol. The molecule has 2 fully saturated rings. The summed E-state index contributed by atoms with van der Waals surface area (Å²) in [7, 11) is 0. The van der Waals surface area contributed by atoms with E-state index in [0.29, 0.717) is 11.0 Å². The van der Waals surface area contributed by atoms with E-state index in [1.807, 2.05) is 0 Å². The highest BCUT2D eigenvalue weighted by Crippen LogP contribution is 2.46. The monoisotopic (exact) mass is 209 g/mol. The van der Waals surface area contributed by atoms with Gasteiger partial charge in [0.15, 0.2) is 0 Å². The highest BCUT2D eigenvalue weighted by Gasteiger charge is 2.48. The fourth-order valence-electron chi connectivity index (χ4n) is 3.42. The Labute approximate surface area is 95.2 Å². The van der Waals surface area contributed by atoms with Gasteiger partial charge in [-0.3, -0.25) is 4.90 Å². The molecule has 2 saturated heterocycles. The molecule has 2 bridgehead atoms. The van der Waals surface area contributed by atoms with Gasteiger partial charge in [0.25, 0.3) is 0 Å². The lowest BCUT2D eigenvalue weighted by atomic mass is 9.73. The molecule has 2 atom stereocenters. The summed E-state index contributed by atoms with van der Waals surface area (Å²) in [5.74, 6) is 0. The summed E-state index contributed by atoms with van der Waals surface area (Å²) in [6.07, 6.45) is 7.24. The van der Waals surface area contributed by atoms with Crippen LogP contribution in [0.3, 0.4) is 0 Å². The minimum Gasteiger partial charge on any atom is -0.292 e. The third-order valence-electron chi connectivity index (χ3n) is 5.18. The first-order chi connectivity index (χ1) is 6.84. The highest BCUT2D eigenvalue weighted by atomic mass is 15.3. The molecule has 0 radical (unpaired) electrons. The Morgan fingerprint density at radius 2 is 1.27 bits per heavy atom. The van der Waals surface area contributed by atoms with Gasteiger partial charge >= 0.3 is 0 Å². The number of piperidine rings is 1. The van der Waals surface area contributed by atoms with Gasteiger partial charge in [0.05, 0.1) is 0 Å². The Bertz CT molecular complexity index is 220. The van der Waals surface area contributed by atoms with E-state index in [1.165, 1.54) is 32.1 Å². The summed E-state index contributed by atoms with van der Waals surface area (Å²) in [5.41, 5.74) is 0.727. The SMILES string of the molecule is CC(C)(C)C(C)(C)N1[C@@H]2CCC[C@H]1CC2. The van der Waals surface area contributed by atoms with E-state index in [9.17, 15) is 0 Å². The van der Waals surface area contributed by atoms with Crippen molar-refractivity contribution in [3.63, 3.8) is 0 Å². The van der Waals surface area contributed by atoms with E-state index in [0.717, 1.165) is 12.1 Å². The molecule has 0 unspecified atom stereocenters. The van der Waals surface area contributed by atoms with Crippen molar-refractivity contribution in [2.24, 2.45) is 5.41 Å². The molecular formula is C14H27N. The van der Waals surface area contributed by atoms with Crippen molar-refractivity contribution in [2.45, 2.75) is 84.3 Å². The topological polar surface area (TPSA) is 3.24 Å². The van der Waals surface area contributed by atoms with Crippen LogP contribution in [0, 0.1) is 5.41 Å². The second-order valence-corrected chi connectivity index (χ2v) is 7.03. The van der Waals surface area contributed by atoms with E-state index in [2.05, 4.69) is 39.5 Å². The van der Waals surface area contributed by atoms with Gasteiger partial charge in [-0.1, -0.05) is 27.2 Å². The lowest BCUT2D eigenvalue weighted by Crippen LogP contribution is -2.58. The van der Waals surface area contributed by atoms with Gasteiger partial charge in [0.2, 0.25) is 0 Å². The van der Waals surface area contributed by atoms with Crippen LogP contribution in [0.1, 0.15) is 66.7 Å². The molecule has 15 heavy (non-hydrogen) atoms. The molecule has 2 aliphatic heterocycles. The largest absolute Gasteiger partial charge is 0.292 e. The fourth-order valence-corrected chi connectivity index (χ4v) is 3.42. The van der Waals surface area contributed by atoms with Gasteiger partial charge in [-0.25, -0.2) is 0 Å². The number of fused-ring (bicyclic) bond motifs is 2. The van der Waals surface area contributed by atoms with Crippen LogP contribution in [-0.2, 0) is 0 Å². The van der Waals surface area contributed by atoms with Gasteiger partial charge in [-0.05, 0) is 44.9 Å². The molecule has 0 N–H and O–H groups in total. The van der Waals surface area contributed by atoms with Crippen LogP contribution in [0.25, 0.3) is 0 Å². The van der Waals surface area contributed by atoms with Crippen molar-refractivity contribution < 1.29 is 0 Å². The van der Waals surface area contributed by atoms with Crippen LogP contribution in [-0.4, -0.2) is 22.5 Å². The van der Waals surface area contributed by atoms with Crippen molar-refractivity contribution in [2.75, 3.05) is 0 Å². The standard InChI is InChI=1S/C14H27N/c1-13(2,3)14(4,5)15-11-7-6-8-12(15)10-9-11/h11-12H,6-10H2,1-5H3/t11-,12+. The maximum Gasteiger partial charge on any atom is 0.0207 e. The Kier molecular flexibility index (Phi) is 2.65. The van der Waals surface area contributed by atoms with Gasteiger partial charge in [0, 0.05) is 17.6 Å². The molecule has 0 aromatic rings. The molecule has 1 nitrogen and oxygen atoms in total. The Morgan fingerprint density at radius 3 is 1.67 bits per heavy atom. The van der Waals surface area contributed by atoms with Gasteiger partial charge in [-0.15, -0.1) is 0 Å². The molecule has 0 amide bonds. The van der Waals surface area contributed by atoms with Crippen LogP contribution < -0.4 is 0 Å². The first-order valence-corrected chi connectivity index (χ1v) is 6.62. The van der Waals surface area contributed by atoms with Crippen LogP contribution >= 0.6 is 0 Å². The molecule has 0 aromatic carbocycles. The van der Waals surface area contributed by atoms with Crippen LogP contribution in [0.2, 0.25) is 0 Å². The summed E-state index contributed by atoms with van der Waals surface area (Å²) in [6, 6.07) is 1.77. The summed E-state index contributed by atoms with van der Waals surface area (Å²) in [6.45, 7) is 12.1. The first kappa shape index (κ1) is 11.4. The second kappa shape index (κ2) is 3.48.